The van der Waals surface area contributed by atoms with E-state index in [9.17, 15) is 19.5 Å². The summed E-state index contributed by atoms with van der Waals surface area (Å²) in [5.41, 5.74) is 0.179. The van der Waals surface area contributed by atoms with Crippen molar-refractivity contribution in [1.82, 2.24) is 4.57 Å². The molecule has 2 N–H and O–H groups in total. The Labute approximate surface area is 162 Å². The third-order valence-electron chi connectivity index (χ3n) is 5.13. The molecule has 0 fully saturated rings. The van der Waals surface area contributed by atoms with Crippen LogP contribution in [0.4, 0.5) is 0 Å². The van der Waals surface area contributed by atoms with E-state index >= 15 is 0 Å². The molecule has 0 saturated carbocycles. The topological polar surface area (TPSA) is 79.5 Å². The lowest BCUT2D eigenvalue weighted by molar-refractivity contribution is 0.112. The maximum atomic E-state index is 12.4. The zero-order valence-electron chi connectivity index (χ0n) is 15.0. The van der Waals surface area contributed by atoms with Crippen LogP contribution in [0.3, 0.4) is 0 Å². The van der Waals surface area contributed by atoms with Gasteiger partial charge in [0.05, 0.1) is 16.5 Å². The number of aromatic hydroxyl groups is 1. The summed E-state index contributed by atoms with van der Waals surface area (Å²) >= 11 is 2.03. The number of nitrogens with zero attached hydrogens (tertiary/aromatic N) is 1. The summed E-state index contributed by atoms with van der Waals surface area (Å²) in [6.45, 7) is 8.55. The summed E-state index contributed by atoms with van der Waals surface area (Å²) in [6, 6.07) is 3.29. The number of fused-ring (bicyclic) bond motifs is 1. The van der Waals surface area contributed by atoms with E-state index in [-0.39, 0.29) is 21.8 Å². The molecule has 0 saturated heterocycles. The molecule has 136 valence electrons. The molecular weight excluding hydrogens is 449 g/mol. The molecule has 0 amide bonds. The second-order valence-electron chi connectivity index (χ2n) is 7.59. The van der Waals surface area contributed by atoms with Crippen molar-refractivity contribution in [2.24, 2.45) is 0 Å². The summed E-state index contributed by atoms with van der Waals surface area (Å²) in [7, 11) is -2.29. The molecule has 0 aliphatic carbocycles. The van der Waals surface area contributed by atoms with Crippen molar-refractivity contribution in [2.75, 3.05) is 0 Å². The van der Waals surface area contributed by atoms with Crippen LogP contribution >= 0.6 is 22.6 Å². The summed E-state index contributed by atoms with van der Waals surface area (Å²) in [5.74, 6) is 0.0348. The smallest absolute Gasteiger partial charge is 0.200 e. The Hall–Kier alpha value is -1.19. The highest BCUT2D eigenvalue weighted by Crippen LogP contribution is 2.40. The molecule has 1 heterocycles. The molecular formula is C18H24INO4Si. The van der Waals surface area contributed by atoms with Gasteiger partial charge in [0.2, 0.25) is 0 Å². The van der Waals surface area contributed by atoms with Crippen LogP contribution in [0.25, 0.3) is 10.9 Å². The zero-order valence-corrected chi connectivity index (χ0v) is 18.1. The zero-order chi connectivity index (χ0) is 19.0. The lowest BCUT2D eigenvalue weighted by Gasteiger charge is -2.35. The van der Waals surface area contributed by atoms with Crippen LogP contribution in [0.5, 0.6) is 5.75 Å². The van der Waals surface area contributed by atoms with Crippen LogP contribution in [0, 0.1) is 3.57 Å². The van der Waals surface area contributed by atoms with Crippen molar-refractivity contribution in [3.8, 4) is 5.75 Å². The minimum Gasteiger partial charge on any atom is -0.506 e. The first-order valence-electron chi connectivity index (χ1n) is 8.21. The first kappa shape index (κ1) is 20.1. The molecule has 7 heteroatoms. The van der Waals surface area contributed by atoms with Gasteiger partial charge in [0.25, 0.3) is 0 Å². The molecule has 5 nitrogen and oxygen atoms in total. The van der Waals surface area contributed by atoms with Crippen molar-refractivity contribution in [2.45, 2.75) is 51.4 Å². The molecule has 0 aliphatic heterocycles. The van der Waals surface area contributed by atoms with E-state index in [4.69, 9.17) is 0 Å². The van der Waals surface area contributed by atoms with Gasteiger partial charge in [-0.25, -0.2) is 0 Å². The molecule has 2 rings (SSSR count). The Kier molecular flexibility index (Phi) is 5.80. The number of aryl methyl sites for hydroxylation is 1. The van der Waals surface area contributed by atoms with Gasteiger partial charge in [-0.2, -0.15) is 0 Å². The maximum absolute atomic E-state index is 12.4. The number of benzene rings is 1. The molecule has 0 unspecified atom stereocenters. The molecule has 0 aliphatic rings. The summed E-state index contributed by atoms with van der Waals surface area (Å²) in [5, 5.41) is 10.5. The number of carbonyl (C=O) groups is 1. The summed E-state index contributed by atoms with van der Waals surface area (Å²) in [4.78, 5) is 34.1. The van der Waals surface area contributed by atoms with Crippen LogP contribution < -0.4 is 5.43 Å². The van der Waals surface area contributed by atoms with Gasteiger partial charge in [0.1, 0.15) is 5.75 Å². The number of hydrogen-bond donors (Lipinski definition) is 2. The number of hydrogen-bond acceptors (Lipinski definition) is 4. The van der Waals surface area contributed by atoms with Gasteiger partial charge in [-0.3, -0.25) is 9.59 Å². The number of aromatic nitrogens is 1. The van der Waals surface area contributed by atoms with Gasteiger partial charge in [-0.05, 0) is 65.7 Å². The van der Waals surface area contributed by atoms with E-state index in [1.165, 1.54) is 6.20 Å². The predicted octanol–water partition coefficient (Wildman–Crippen LogP) is 3.88. The monoisotopic (exact) mass is 473 g/mol. The van der Waals surface area contributed by atoms with Crippen molar-refractivity contribution in [3.63, 3.8) is 0 Å². The van der Waals surface area contributed by atoms with Crippen LogP contribution in [0.15, 0.2) is 23.1 Å². The Balaban J connectivity index is 2.43. The summed E-state index contributed by atoms with van der Waals surface area (Å²) < 4.78 is 2.51. The SMILES string of the molecule is CC(C)(CCCn1cc(C=O)c(=O)c2cc(I)cc(O)c21)[Si](C)(C)O. The van der Waals surface area contributed by atoms with E-state index in [0.717, 1.165) is 16.4 Å². The van der Waals surface area contributed by atoms with Gasteiger partial charge in [-0.1, -0.05) is 13.8 Å². The van der Waals surface area contributed by atoms with Crippen molar-refractivity contribution >= 4 is 48.1 Å². The molecule has 0 radical (unpaired) electrons. The molecule has 2 aromatic rings. The predicted molar refractivity (Wildman–Crippen MR) is 111 cm³/mol. The lowest BCUT2D eigenvalue weighted by atomic mass is 10.1. The second kappa shape index (κ2) is 7.20. The fourth-order valence-electron chi connectivity index (χ4n) is 2.76. The minimum atomic E-state index is -2.29. The number of aldehydes is 1. The number of pyridine rings is 1. The summed E-state index contributed by atoms with van der Waals surface area (Å²) in [6.07, 6.45) is 3.66. The third kappa shape index (κ3) is 4.14. The highest BCUT2D eigenvalue weighted by atomic mass is 127. The number of phenols is 1. The highest BCUT2D eigenvalue weighted by Gasteiger charge is 2.37. The quantitative estimate of drug-likeness (QED) is 0.379. The number of halogens is 1. The fraction of sp³-hybridized carbons (Fsp3) is 0.444. The van der Waals surface area contributed by atoms with E-state index in [1.54, 1.807) is 16.7 Å². The fourth-order valence-corrected chi connectivity index (χ4v) is 4.16. The van der Waals surface area contributed by atoms with E-state index in [2.05, 4.69) is 13.8 Å². The number of rotatable bonds is 6. The largest absolute Gasteiger partial charge is 0.506 e. The van der Waals surface area contributed by atoms with Gasteiger partial charge in [-0.15, -0.1) is 0 Å². The Morgan fingerprint density at radius 2 is 1.96 bits per heavy atom. The standard InChI is InChI=1S/C18H24INO4Si/c1-18(2,25(3,4)24)6-5-7-20-10-12(11-21)17(23)14-8-13(19)9-15(22)16(14)20/h8-11,22,24H,5-7H2,1-4H3. The molecule has 0 bridgehead atoms. The second-order valence-corrected chi connectivity index (χ2v) is 13.3. The van der Waals surface area contributed by atoms with Crippen LogP contribution in [-0.4, -0.2) is 29.1 Å². The van der Waals surface area contributed by atoms with Gasteiger partial charge >= 0.3 is 0 Å². The number of phenolic OH excluding ortho intramolecular Hbond substituents is 1. The third-order valence-corrected chi connectivity index (χ3v) is 9.31. The Morgan fingerprint density at radius 1 is 1.32 bits per heavy atom. The van der Waals surface area contributed by atoms with E-state index in [0.29, 0.717) is 23.7 Å². The molecule has 0 atom stereocenters. The first-order chi connectivity index (χ1) is 11.5. The maximum Gasteiger partial charge on any atom is 0.200 e. The van der Waals surface area contributed by atoms with Crippen molar-refractivity contribution < 1.29 is 14.7 Å². The average molecular weight is 473 g/mol. The van der Waals surface area contributed by atoms with E-state index < -0.39 is 8.32 Å². The highest BCUT2D eigenvalue weighted by molar-refractivity contribution is 14.1. The Morgan fingerprint density at radius 3 is 2.52 bits per heavy atom. The molecule has 0 spiro atoms. The molecule has 1 aromatic carbocycles. The van der Waals surface area contributed by atoms with Gasteiger partial charge in [0.15, 0.2) is 20.0 Å². The molecule has 25 heavy (non-hydrogen) atoms. The molecule has 1 aromatic heterocycles. The normalized spacial score (nSPS) is 12.6. The Bertz CT molecular complexity index is 868. The first-order valence-corrected chi connectivity index (χ1v) is 12.2. The van der Waals surface area contributed by atoms with Crippen molar-refractivity contribution in [1.29, 1.82) is 0 Å². The average Bonchev–Trinajstić information content (AvgIpc) is 2.48. The van der Waals surface area contributed by atoms with Crippen LogP contribution in [0.1, 0.15) is 37.0 Å². The van der Waals surface area contributed by atoms with Crippen molar-refractivity contribution in [3.05, 3.63) is 37.7 Å². The van der Waals surface area contributed by atoms with Crippen LogP contribution in [0.2, 0.25) is 18.1 Å². The van der Waals surface area contributed by atoms with Gasteiger partial charge < -0.3 is 14.5 Å². The number of carbonyl (C=O) groups excluding carboxylic acids is 1. The van der Waals surface area contributed by atoms with Gasteiger partial charge in [0, 0.05) is 16.3 Å². The lowest BCUT2D eigenvalue weighted by Crippen LogP contribution is -2.39. The minimum absolute atomic E-state index is 0.0348. The van der Waals surface area contributed by atoms with E-state index in [1.807, 2.05) is 35.7 Å². The van der Waals surface area contributed by atoms with Crippen LogP contribution in [-0.2, 0) is 6.54 Å².